The fourth-order valence-corrected chi connectivity index (χ4v) is 2.41. The van der Waals surface area contributed by atoms with Crippen LogP contribution in [0.3, 0.4) is 0 Å². The van der Waals surface area contributed by atoms with Crippen molar-refractivity contribution in [2.24, 2.45) is 5.73 Å². The van der Waals surface area contributed by atoms with Crippen molar-refractivity contribution in [3.63, 3.8) is 0 Å². The van der Waals surface area contributed by atoms with Gasteiger partial charge in [-0.3, -0.25) is 4.90 Å². The highest BCUT2D eigenvalue weighted by Gasteiger charge is 2.16. The predicted octanol–water partition coefficient (Wildman–Crippen LogP) is 2.59. The van der Waals surface area contributed by atoms with Gasteiger partial charge in [0.25, 0.3) is 0 Å². The molecule has 0 amide bonds. The van der Waals surface area contributed by atoms with Gasteiger partial charge in [-0.15, -0.1) is 12.4 Å². The molecular weight excluding hydrogens is 232 g/mol. The number of piperidine rings is 1. The molecule has 1 saturated heterocycles. The number of nitrogens with zero attached hydrogens (tertiary/aromatic N) is 1. The number of likely N-dealkylation sites (tertiary alicyclic amines) is 1. The van der Waals surface area contributed by atoms with Crippen LogP contribution in [0.15, 0.2) is 24.3 Å². The lowest BCUT2D eigenvalue weighted by atomic mass is 10.0. The van der Waals surface area contributed by atoms with Crippen LogP contribution < -0.4 is 5.73 Å². The molecule has 2 N–H and O–H groups in total. The summed E-state index contributed by atoms with van der Waals surface area (Å²) in [5.41, 5.74) is 8.89. The average molecular weight is 255 g/mol. The zero-order chi connectivity index (χ0) is 11.4. The number of rotatable bonds is 3. The second-order valence-electron chi connectivity index (χ2n) is 4.74. The third-order valence-electron chi connectivity index (χ3n) is 3.53. The zero-order valence-electron chi connectivity index (χ0n) is 10.6. The molecule has 96 valence electrons. The highest BCUT2D eigenvalue weighted by molar-refractivity contribution is 5.85. The van der Waals surface area contributed by atoms with Gasteiger partial charge in [-0.25, -0.2) is 0 Å². The first-order valence-corrected chi connectivity index (χ1v) is 6.34. The molecule has 0 saturated carbocycles. The van der Waals surface area contributed by atoms with Crippen molar-refractivity contribution in [2.45, 2.75) is 38.8 Å². The predicted molar refractivity (Wildman–Crippen MR) is 75.6 cm³/mol. The number of nitrogens with two attached hydrogens (primary N) is 1. The lowest BCUT2D eigenvalue weighted by Crippen LogP contribution is -2.39. The maximum absolute atomic E-state index is 5.92. The number of hydrogen-bond donors (Lipinski definition) is 1. The SMILES string of the molecule is CCc1ccccc1CN1CCC(N)CC1.Cl. The van der Waals surface area contributed by atoms with Crippen molar-refractivity contribution >= 4 is 12.4 Å². The van der Waals surface area contributed by atoms with Crippen LogP contribution >= 0.6 is 12.4 Å². The van der Waals surface area contributed by atoms with Gasteiger partial charge in [0.05, 0.1) is 0 Å². The minimum Gasteiger partial charge on any atom is -0.328 e. The molecule has 0 aliphatic carbocycles. The Morgan fingerprint density at radius 1 is 1.18 bits per heavy atom. The van der Waals surface area contributed by atoms with Crippen molar-refractivity contribution in [3.05, 3.63) is 35.4 Å². The van der Waals surface area contributed by atoms with Crippen LogP contribution in [0.2, 0.25) is 0 Å². The lowest BCUT2D eigenvalue weighted by Gasteiger charge is -2.30. The second-order valence-corrected chi connectivity index (χ2v) is 4.74. The summed E-state index contributed by atoms with van der Waals surface area (Å²) in [6.45, 7) is 5.63. The van der Waals surface area contributed by atoms with Gasteiger partial charge in [0.15, 0.2) is 0 Å². The summed E-state index contributed by atoms with van der Waals surface area (Å²) in [6, 6.07) is 9.20. The minimum absolute atomic E-state index is 0. The third-order valence-corrected chi connectivity index (χ3v) is 3.53. The Balaban J connectivity index is 0.00000144. The fraction of sp³-hybridized carbons (Fsp3) is 0.571. The summed E-state index contributed by atoms with van der Waals surface area (Å²) < 4.78 is 0. The number of benzene rings is 1. The molecule has 2 nitrogen and oxygen atoms in total. The van der Waals surface area contributed by atoms with Gasteiger partial charge in [0, 0.05) is 12.6 Å². The molecule has 17 heavy (non-hydrogen) atoms. The van der Waals surface area contributed by atoms with Crippen LogP contribution in [0.1, 0.15) is 30.9 Å². The van der Waals surface area contributed by atoms with Gasteiger partial charge in [0.1, 0.15) is 0 Å². The monoisotopic (exact) mass is 254 g/mol. The average Bonchev–Trinajstić information content (AvgIpc) is 2.33. The molecule has 3 heteroatoms. The normalized spacial score (nSPS) is 17.8. The highest BCUT2D eigenvalue weighted by Crippen LogP contribution is 2.16. The highest BCUT2D eigenvalue weighted by atomic mass is 35.5. The summed E-state index contributed by atoms with van der Waals surface area (Å²) in [4.78, 5) is 2.53. The van der Waals surface area contributed by atoms with E-state index in [0.29, 0.717) is 6.04 Å². The van der Waals surface area contributed by atoms with E-state index < -0.39 is 0 Å². The van der Waals surface area contributed by atoms with E-state index >= 15 is 0 Å². The Kier molecular flexibility index (Phi) is 5.96. The molecule has 1 aliphatic heterocycles. The van der Waals surface area contributed by atoms with Crippen LogP contribution in [0.25, 0.3) is 0 Å². The van der Waals surface area contributed by atoms with Crippen molar-refractivity contribution in [3.8, 4) is 0 Å². The maximum atomic E-state index is 5.92. The van der Waals surface area contributed by atoms with Gasteiger partial charge in [-0.1, -0.05) is 31.2 Å². The van der Waals surface area contributed by atoms with Crippen LogP contribution in [0.4, 0.5) is 0 Å². The lowest BCUT2D eigenvalue weighted by molar-refractivity contribution is 0.205. The topological polar surface area (TPSA) is 29.3 Å². The van der Waals surface area contributed by atoms with Gasteiger partial charge in [-0.05, 0) is 43.5 Å². The minimum atomic E-state index is 0. The Labute approximate surface area is 111 Å². The third kappa shape index (κ3) is 3.98. The molecule has 2 rings (SSSR count). The van der Waals surface area contributed by atoms with E-state index in [0.717, 1.165) is 38.9 Å². The molecule has 0 spiro atoms. The summed E-state index contributed by atoms with van der Waals surface area (Å²) in [5.74, 6) is 0. The molecule has 1 aromatic rings. The second kappa shape index (κ2) is 7.00. The van der Waals surface area contributed by atoms with Gasteiger partial charge < -0.3 is 5.73 Å². The quantitative estimate of drug-likeness (QED) is 0.899. The summed E-state index contributed by atoms with van der Waals surface area (Å²) in [6.07, 6.45) is 3.42. The molecule has 1 aliphatic rings. The maximum Gasteiger partial charge on any atom is 0.0236 e. The molecule has 1 fully saturated rings. The Morgan fingerprint density at radius 3 is 2.35 bits per heavy atom. The van der Waals surface area contributed by atoms with E-state index in [9.17, 15) is 0 Å². The van der Waals surface area contributed by atoms with Crippen LogP contribution in [-0.4, -0.2) is 24.0 Å². The molecule has 1 heterocycles. The Morgan fingerprint density at radius 2 is 1.76 bits per heavy atom. The van der Waals surface area contributed by atoms with E-state index in [4.69, 9.17) is 5.73 Å². The summed E-state index contributed by atoms with van der Waals surface area (Å²) in [7, 11) is 0. The van der Waals surface area contributed by atoms with E-state index in [1.807, 2.05) is 0 Å². The van der Waals surface area contributed by atoms with Crippen LogP contribution in [0.5, 0.6) is 0 Å². The fourth-order valence-electron chi connectivity index (χ4n) is 2.41. The standard InChI is InChI=1S/C14H22N2.ClH/c1-2-12-5-3-4-6-13(12)11-16-9-7-14(15)8-10-16;/h3-6,14H,2,7-11,15H2,1H3;1H. The van der Waals surface area contributed by atoms with Crippen molar-refractivity contribution in [2.75, 3.05) is 13.1 Å². The summed E-state index contributed by atoms with van der Waals surface area (Å²) >= 11 is 0. The van der Waals surface area contributed by atoms with E-state index in [1.165, 1.54) is 11.1 Å². The summed E-state index contributed by atoms with van der Waals surface area (Å²) in [5, 5.41) is 0. The zero-order valence-corrected chi connectivity index (χ0v) is 11.4. The smallest absolute Gasteiger partial charge is 0.0236 e. The molecule has 0 atom stereocenters. The van der Waals surface area contributed by atoms with E-state index in [-0.39, 0.29) is 12.4 Å². The first-order chi connectivity index (χ1) is 7.79. The van der Waals surface area contributed by atoms with E-state index in [1.54, 1.807) is 0 Å². The first kappa shape index (κ1) is 14.5. The van der Waals surface area contributed by atoms with Crippen molar-refractivity contribution in [1.29, 1.82) is 0 Å². The Bertz CT molecular complexity index is 333. The number of hydrogen-bond acceptors (Lipinski definition) is 2. The number of halogens is 1. The molecule has 0 unspecified atom stereocenters. The van der Waals surface area contributed by atoms with E-state index in [2.05, 4.69) is 36.1 Å². The number of aryl methyl sites for hydroxylation is 1. The molecule has 0 aromatic heterocycles. The van der Waals surface area contributed by atoms with Crippen molar-refractivity contribution < 1.29 is 0 Å². The molecule has 1 aromatic carbocycles. The van der Waals surface area contributed by atoms with Gasteiger partial charge >= 0.3 is 0 Å². The van der Waals surface area contributed by atoms with Crippen molar-refractivity contribution in [1.82, 2.24) is 4.90 Å². The van der Waals surface area contributed by atoms with Crippen LogP contribution in [-0.2, 0) is 13.0 Å². The molecule has 0 radical (unpaired) electrons. The van der Waals surface area contributed by atoms with Crippen LogP contribution in [0, 0.1) is 0 Å². The first-order valence-electron chi connectivity index (χ1n) is 6.34. The Hall–Kier alpha value is -0.570. The molecule has 0 bridgehead atoms. The largest absolute Gasteiger partial charge is 0.328 e. The molecular formula is C14H23ClN2. The van der Waals surface area contributed by atoms with Gasteiger partial charge in [-0.2, -0.15) is 0 Å². The van der Waals surface area contributed by atoms with Gasteiger partial charge in [0.2, 0.25) is 0 Å².